The highest BCUT2D eigenvalue weighted by Crippen LogP contribution is 2.23. The predicted octanol–water partition coefficient (Wildman–Crippen LogP) is 1.61. The fraction of sp³-hybridized carbons (Fsp3) is 0.400. The number of hydrogen-bond acceptors (Lipinski definition) is 4. The zero-order valence-corrected chi connectivity index (χ0v) is 11.8. The van der Waals surface area contributed by atoms with Crippen molar-refractivity contribution in [2.24, 2.45) is 0 Å². The summed E-state index contributed by atoms with van der Waals surface area (Å²) in [6.07, 6.45) is 2.78. The molecule has 0 aromatic carbocycles. The summed E-state index contributed by atoms with van der Waals surface area (Å²) in [5.41, 5.74) is 0.888. The summed E-state index contributed by atoms with van der Waals surface area (Å²) >= 11 is 5.96. The Hall–Kier alpha value is -1.34. The van der Waals surface area contributed by atoms with Crippen molar-refractivity contribution in [3.63, 3.8) is 0 Å². The first kappa shape index (κ1) is 13.1. The minimum Gasteiger partial charge on any atom is -0.272 e. The second kappa shape index (κ2) is 4.40. The first-order chi connectivity index (χ1) is 8.37. The minimum atomic E-state index is -3.72. The molecule has 0 unspecified atom stereocenters. The molecule has 0 bridgehead atoms. The highest BCUT2D eigenvalue weighted by atomic mass is 35.5. The Labute approximate surface area is 110 Å². The molecular formula is C10H13ClN4O2S. The lowest BCUT2D eigenvalue weighted by Crippen LogP contribution is -2.15. The van der Waals surface area contributed by atoms with Crippen LogP contribution in [0, 0.1) is 13.8 Å². The van der Waals surface area contributed by atoms with Crippen LogP contribution in [0.4, 0.5) is 0 Å². The average Bonchev–Trinajstić information content (AvgIpc) is 2.90. The molecule has 0 saturated heterocycles. The highest BCUT2D eigenvalue weighted by molar-refractivity contribution is 7.89. The monoisotopic (exact) mass is 288 g/mol. The third kappa shape index (κ3) is 1.93. The van der Waals surface area contributed by atoms with E-state index in [9.17, 15) is 8.42 Å². The molecule has 2 aromatic heterocycles. The number of halogens is 1. The van der Waals surface area contributed by atoms with Crippen LogP contribution in [0.5, 0.6) is 0 Å². The van der Waals surface area contributed by atoms with Gasteiger partial charge < -0.3 is 0 Å². The number of hydrogen-bond donors (Lipinski definition) is 0. The van der Waals surface area contributed by atoms with E-state index in [1.54, 1.807) is 18.5 Å². The maximum Gasteiger partial charge on any atom is 0.286 e. The van der Waals surface area contributed by atoms with Gasteiger partial charge >= 0.3 is 0 Å². The lowest BCUT2D eigenvalue weighted by Gasteiger charge is -2.03. The van der Waals surface area contributed by atoms with E-state index in [4.69, 9.17) is 11.6 Å². The molecule has 18 heavy (non-hydrogen) atoms. The molecule has 6 nitrogen and oxygen atoms in total. The summed E-state index contributed by atoms with van der Waals surface area (Å²) in [6, 6.07) is 0. The first-order valence-corrected chi connectivity index (χ1v) is 7.19. The Bertz CT molecular complexity index is 687. The summed E-state index contributed by atoms with van der Waals surface area (Å²) < 4.78 is 27.2. The number of rotatable bonds is 3. The molecule has 98 valence electrons. The van der Waals surface area contributed by atoms with Crippen LogP contribution in [0.2, 0.25) is 5.02 Å². The Morgan fingerprint density at radius 1 is 1.39 bits per heavy atom. The van der Waals surface area contributed by atoms with Crippen molar-refractivity contribution in [3.05, 3.63) is 28.8 Å². The van der Waals surface area contributed by atoms with Gasteiger partial charge in [-0.15, -0.1) is 0 Å². The quantitative estimate of drug-likeness (QED) is 0.860. The van der Waals surface area contributed by atoms with Crippen LogP contribution in [0.3, 0.4) is 0 Å². The fourth-order valence-corrected chi connectivity index (χ4v) is 3.07. The van der Waals surface area contributed by atoms with Crippen molar-refractivity contribution in [2.45, 2.75) is 32.2 Å². The second-order valence-electron chi connectivity index (χ2n) is 3.86. The summed E-state index contributed by atoms with van der Waals surface area (Å²) in [5, 5.41) is 8.26. The molecule has 0 radical (unpaired) electrons. The van der Waals surface area contributed by atoms with Gasteiger partial charge in [-0.3, -0.25) is 4.68 Å². The third-order valence-electron chi connectivity index (χ3n) is 2.62. The molecule has 0 amide bonds. The molecule has 0 aliphatic heterocycles. The fourth-order valence-electron chi connectivity index (χ4n) is 1.59. The Balaban J connectivity index is 2.57. The van der Waals surface area contributed by atoms with Crippen LogP contribution in [0.15, 0.2) is 17.3 Å². The van der Waals surface area contributed by atoms with E-state index >= 15 is 0 Å². The van der Waals surface area contributed by atoms with Crippen LogP contribution in [0.25, 0.3) is 0 Å². The molecule has 2 heterocycles. The van der Waals surface area contributed by atoms with Crippen molar-refractivity contribution in [1.82, 2.24) is 19.0 Å². The van der Waals surface area contributed by atoms with E-state index in [0.29, 0.717) is 23.0 Å². The SMILES string of the molecule is CCn1cc(S(=O)(=O)n2nc(C)c(Cl)c2C)cn1. The maximum atomic E-state index is 12.3. The van der Waals surface area contributed by atoms with E-state index in [1.165, 1.54) is 12.4 Å². The standard InChI is InChI=1S/C10H13ClN4O2S/c1-4-14-6-9(5-12-14)18(16,17)15-8(3)10(11)7(2)13-15/h5-6H,4H2,1-3H3. The van der Waals surface area contributed by atoms with Gasteiger partial charge in [-0.1, -0.05) is 11.6 Å². The summed E-state index contributed by atoms with van der Waals surface area (Å²) in [7, 11) is -3.72. The Kier molecular flexibility index (Phi) is 3.20. The van der Waals surface area contributed by atoms with Gasteiger partial charge in [-0.05, 0) is 20.8 Å². The van der Waals surface area contributed by atoms with Gasteiger partial charge in [0.05, 0.1) is 22.6 Å². The molecule has 2 aromatic rings. The normalized spacial score (nSPS) is 12.0. The van der Waals surface area contributed by atoms with E-state index in [2.05, 4.69) is 10.2 Å². The van der Waals surface area contributed by atoms with Crippen molar-refractivity contribution >= 4 is 21.6 Å². The Morgan fingerprint density at radius 2 is 2.06 bits per heavy atom. The molecule has 0 atom stereocenters. The zero-order chi connectivity index (χ0) is 13.5. The molecular weight excluding hydrogens is 276 g/mol. The van der Waals surface area contributed by atoms with Crippen LogP contribution in [-0.2, 0) is 16.6 Å². The van der Waals surface area contributed by atoms with Crippen LogP contribution in [0.1, 0.15) is 18.3 Å². The topological polar surface area (TPSA) is 69.8 Å². The van der Waals surface area contributed by atoms with E-state index in [0.717, 1.165) is 4.09 Å². The van der Waals surface area contributed by atoms with E-state index in [-0.39, 0.29) is 4.90 Å². The maximum absolute atomic E-state index is 12.3. The Morgan fingerprint density at radius 3 is 2.50 bits per heavy atom. The predicted molar refractivity (Wildman–Crippen MR) is 67.2 cm³/mol. The number of aryl methyl sites for hydroxylation is 2. The van der Waals surface area contributed by atoms with E-state index in [1.807, 2.05) is 6.92 Å². The van der Waals surface area contributed by atoms with Crippen LogP contribution >= 0.6 is 11.6 Å². The van der Waals surface area contributed by atoms with Crippen molar-refractivity contribution in [3.8, 4) is 0 Å². The van der Waals surface area contributed by atoms with Crippen molar-refractivity contribution < 1.29 is 8.42 Å². The first-order valence-electron chi connectivity index (χ1n) is 5.37. The highest BCUT2D eigenvalue weighted by Gasteiger charge is 2.24. The number of nitrogens with zero attached hydrogens (tertiary/aromatic N) is 4. The second-order valence-corrected chi connectivity index (χ2v) is 6.01. The lowest BCUT2D eigenvalue weighted by atomic mass is 10.4. The minimum absolute atomic E-state index is 0.103. The van der Waals surface area contributed by atoms with Gasteiger partial charge in [0.25, 0.3) is 10.0 Å². The molecule has 0 N–H and O–H groups in total. The molecule has 0 fully saturated rings. The molecule has 2 rings (SSSR count). The van der Waals surface area contributed by atoms with Gasteiger partial charge in [0, 0.05) is 12.7 Å². The molecule has 0 aliphatic rings. The van der Waals surface area contributed by atoms with Gasteiger partial charge in [0.15, 0.2) is 0 Å². The lowest BCUT2D eigenvalue weighted by molar-refractivity contribution is 0.577. The van der Waals surface area contributed by atoms with Gasteiger partial charge in [-0.2, -0.15) is 22.7 Å². The average molecular weight is 289 g/mol. The van der Waals surface area contributed by atoms with Gasteiger partial charge in [0.2, 0.25) is 0 Å². The summed E-state index contributed by atoms with van der Waals surface area (Å²) in [4.78, 5) is 0.103. The van der Waals surface area contributed by atoms with Crippen molar-refractivity contribution in [2.75, 3.05) is 0 Å². The molecule has 0 saturated carbocycles. The number of aromatic nitrogens is 4. The molecule has 8 heteroatoms. The van der Waals surface area contributed by atoms with Crippen LogP contribution < -0.4 is 0 Å². The summed E-state index contributed by atoms with van der Waals surface area (Å²) in [5.74, 6) is 0. The molecule has 0 aliphatic carbocycles. The zero-order valence-electron chi connectivity index (χ0n) is 10.3. The molecule has 0 spiro atoms. The van der Waals surface area contributed by atoms with Crippen molar-refractivity contribution in [1.29, 1.82) is 0 Å². The summed E-state index contributed by atoms with van der Waals surface area (Å²) in [6.45, 7) is 5.76. The van der Waals surface area contributed by atoms with E-state index < -0.39 is 10.0 Å². The largest absolute Gasteiger partial charge is 0.286 e. The smallest absolute Gasteiger partial charge is 0.272 e. The third-order valence-corrected chi connectivity index (χ3v) is 4.79. The van der Waals surface area contributed by atoms with Gasteiger partial charge in [-0.25, -0.2) is 0 Å². The van der Waals surface area contributed by atoms with Gasteiger partial charge in [0.1, 0.15) is 4.90 Å². The van der Waals surface area contributed by atoms with Crippen LogP contribution in [-0.4, -0.2) is 27.4 Å².